The molecule has 2 N–H and O–H groups in total. The van der Waals surface area contributed by atoms with Crippen LogP contribution in [-0.2, 0) is 26.7 Å². The first kappa shape index (κ1) is 23.6. The number of hydrogen-bond donors (Lipinski definition) is 2. The molecule has 4 amide bonds. The first-order chi connectivity index (χ1) is 17.1. The number of sulfone groups is 1. The van der Waals surface area contributed by atoms with Crippen LogP contribution in [0.2, 0.25) is 0 Å². The molecule has 0 aliphatic carbocycles. The van der Waals surface area contributed by atoms with Gasteiger partial charge in [0.15, 0.2) is 15.4 Å². The maximum Gasteiger partial charge on any atom is 0.322 e. The van der Waals surface area contributed by atoms with Crippen molar-refractivity contribution in [2.45, 2.75) is 17.0 Å². The number of imide groups is 1. The Hall–Kier alpha value is -4.18. The van der Waals surface area contributed by atoms with Gasteiger partial charge in [-0.15, -0.1) is 0 Å². The first-order valence-corrected chi connectivity index (χ1v) is 13.0. The highest BCUT2D eigenvalue weighted by molar-refractivity contribution is 7.90. The Labute approximate surface area is 208 Å². The number of rotatable bonds is 6. The SMILES string of the molecule is COc1ccc2c(c1)C(=O)N(CC1(c3ccc(-c4cccc(S(C)(=O)=O)c4)cc3)NC(=O)NC1=O)C2. The number of methoxy groups -OCH3 is 1. The zero-order valence-corrected chi connectivity index (χ0v) is 20.4. The molecule has 36 heavy (non-hydrogen) atoms. The van der Waals surface area contributed by atoms with Gasteiger partial charge in [-0.3, -0.25) is 14.9 Å². The molecule has 1 saturated heterocycles. The Morgan fingerprint density at radius 3 is 2.36 bits per heavy atom. The fourth-order valence-electron chi connectivity index (χ4n) is 4.63. The highest BCUT2D eigenvalue weighted by Gasteiger charge is 2.50. The van der Waals surface area contributed by atoms with Crippen molar-refractivity contribution in [3.8, 4) is 16.9 Å². The Bertz CT molecular complexity index is 1520. The minimum atomic E-state index is -3.37. The Balaban J connectivity index is 1.48. The molecule has 0 aromatic heterocycles. The zero-order valence-electron chi connectivity index (χ0n) is 19.6. The van der Waals surface area contributed by atoms with Gasteiger partial charge >= 0.3 is 6.03 Å². The van der Waals surface area contributed by atoms with Gasteiger partial charge in [0.25, 0.3) is 11.8 Å². The molecule has 5 rings (SSSR count). The van der Waals surface area contributed by atoms with Crippen LogP contribution in [0.3, 0.4) is 0 Å². The quantitative estimate of drug-likeness (QED) is 0.497. The molecule has 1 fully saturated rings. The maximum absolute atomic E-state index is 13.1. The summed E-state index contributed by atoms with van der Waals surface area (Å²) in [5.41, 5.74) is 1.75. The summed E-state index contributed by atoms with van der Waals surface area (Å²) in [6.45, 7) is 0.225. The number of nitrogens with one attached hydrogen (secondary N) is 2. The van der Waals surface area contributed by atoms with E-state index in [0.29, 0.717) is 29.0 Å². The summed E-state index contributed by atoms with van der Waals surface area (Å²) in [7, 11) is -1.85. The average molecular weight is 506 g/mol. The fourth-order valence-corrected chi connectivity index (χ4v) is 5.30. The van der Waals surface area contributed by atoms with Gasteiger partial charge in [0.1, 0.15) is 5.75 Å². The van der Waals surface area contributed by atoms with Gasteiger partial charge < -0.3 is 15.0 Å². The van der Waals surface area contributed by atoms with Crippen LogP contribution in [0.15, 0.2) is 71.6 Å². The van der Waals surface area contributed by atoms with E-state index in [1.54, 1.807) is 54.6 Å². The van der Waals surface area contributed by atoms with Crippen molar-refractivity contribution in [3.05, 3.63) is 83.4 Å². The lowest BCUT2D eigenvalue weighted by atomic mass is 9.88. The van der Waals surface area contributed by atoms with E-state index in [4.69, 9.17) is 4.74 Å². The normalized spacial score (nSPS) is 19.2. The summed E-state index contributed by atoms with van der Waals surface area (Å²) in [5.74, 6) is -0.256. The molecule has 0 spiro atoms. The number of nitrogens with zero attached hydrogens (tertiary/aromatic N) is 1. The number of fused-ring (bicyclic) bond motifs is 1. The Morgan fingerprint density at radius 1 is 0.972 bits per heavy atom. The van der Waals surface area contributed by atoms with Gasteiger partial charge in [-0.05, 0) is 46.5 Å². The lowest BCUT2D eigenvalue weighted by Gasteiger charge is -2.31. The number of amides is 4. The van der Waals surface area contributed by atoms with E-state index in [0.717, 1.165) is 17.4 Å². The third kappa shape index (κ3) is 3.99. The van der Waals surface area contributed by atoms with Crippen LogP contribution in [0.1, 0.15) is 21.5 Å². The highest BCUT2D eigenvalue weighted by Crippen LogP contribution is 2.33. The number of ether oxygens (including phenoxy) is 1. The van der Waals surface area contributed by atoms with Crippen LogP contribution in [0.25, 0.3) is 11.1 Å². The van der Waals surface area contributed by atoms with Crippen LogP contribution in [0.4, 0.5) is 4.79 Å². The minimum absolute atomic E-state index is 0.0662. The molecule has 184 valence electrons. The fraction of sp³-hybridized carbons (Fsp3) is 0.192. The van der Waals surface area contributed by atoms with Crippen LogP contribution < -0.4 is 15.4 Å². The summed E-state index contributed by atoms with van der Waals surface area (Å²) in [6.07, 6.45) is 1.15. The molecule has 10 heteroatoms. The average Bonchev–Trinajstić information content (AvgIpc) is 3.33. The van der Waals surface area contributed by atoms with E-state index >= 15 is 0 Å². The number of hydrogen-bond acceptors (Lipinski definition) is 6. The molecule has 3 aromatic rings. The van der Waals surface area contributed by atoms with E-state index < -0.39 is 27.3 Å². The lowest BCUT2D eigenvalue weighted by Crippen LogP contribution is -2.52. The van der Waals surface area contributed by atoms with Crippen LogP contribution in [0, 0.1) is 0 Å². The monoisotopic (exact) mass is 505 g/mol. The molecule has 2 heterocycles. The number of urea groups is 1. The van der Waals surface area contributed by atoms with Crippen molar-refractivity contribution in [1.29, 1.82) is 0 Å². The first-order valence-electron chi connectivity index (χ1n) is 11.1. The van der Waals surface area contributed by atoms with Crippen LogP contribution >= 0.6 is 0 Å². The van der Waals surface area contributed by atoms with Gasteiger partial charge in [-0.1, -0.05) is 42.5 Å². The van der Waals surface area contributed by atoms with E-state index in [2.05, 4.69) is 10.6 Å². The molecule has 2 aliphatic heterocycles. The van der Waals surface area contributed by atoms with E-state index in [9.17, 15) is 22.8 Å². The predicted octanol–water partition coefficient (Wildman–Crippen LogP) is 2.46. The van der Waals surface area contributed by atoms with E-state index in [-0.39, 0.29) is 17.3 Å². The maximum atomic E-state index is 13.1. The van der Waals surface area contributed by atoms with Gasteiger partial charge in [0.2, 0.25) is 0 Å². The molecule has 3 aromatic carbocycles. The summed E-state index contributed by atoms with van der Waals surface area (Å²) >= 11 is 0. The predicted molar refractivity (Wildman–Crippen MR) is 131 cm³/mol. The second-order valence-corrected chi connectivity index (χ2v) is 10.9. The molecule has 0 radical (unpaired) electrons. The molecular weight excluding hydrogens is 482 g/mol. The Morgan fingerprint density at radius 2 is 1.72 bits per heavy atom. The zero-order chi connectivity index (χ0) is 25.7. The van der Waals surface area contributed by atoms with Crippen LogP contribution in [-0.4, -0.2) is 51.1 Å². The molecule has 0 saturated carbocycles. The van der Waals surface area contributed by atoms with Crippen molar-refractivity contribution in [3.63, 3.8) is 0 Å². The molecule has 0 bridgehead atoms. The molecule has 2 aliphatic rings. The van der Waals surface area contributed by atoms with E-state index in [1.165, 1.54) is 18.1 Å². The van der Waals surface area contributed by atoms with Crippen molar-refractivity contribution >= 4 is 27.7 Å². The highest BCUT2D eigenvalue weighted by atomic mass is 32.2. The third-order valence-corrected chi connectivity index (χ3v) is 7.65. The van der Waals surface area contributed by atoms with Gasteiger partial charge in [0.05, 0.1) is 18.6 Å². The van der Waals surface area contributed by atoms with Crippen molar-refractivity contribution in [2.75, 3.05) is 19.9 Å². The third-order valence-electron chi connectivity index (χ3n) is 6.54. The van der Waals surface area contributed by atoms with Gasteiger partial charge in [-0.25, -0.2) is 13.2 Å². The van der Waals surface area contributed by atoms with Crippen molar-refractivity contribution in [2.24, 2.45) is 0 Å². The van der Waals surface area contributed by atoms with Gasteiger partial charge in [0, 0.05) is 18.4 Å². The van der Waals surface area contributed by atoms with Gasteiger partial charge in [-0.2, -0.15) is 0 Å². The second-order valence-electron chi connectivity index (χ2n) is 8.88. The van der Waals surface area contributed by atoms with Crippen molar-refractivity contribution < 1.29 is 27.5 Å². The lowest BCUT2D eigenvalue weighted by molar-refractivity contribution is -0.124. The summed E-state index contributed by atoms with van der Waals surface area (Å²) in [6, 6.07) is 18.1. The molecule has 1 unspecified atom stereocenters. The Kier molecular flexibility index (Phi) is 5.55. The van der Waals surface area contributed by atoms with E-state index in [1.807, 2.05) is 6.07 Å². The smallest absolute Gasteiger partial charge is 0.322 e. The van der Waals surface area contributed by atoms with Crippen molar-refractivity contribution in [1.82, 2.24) is 15.5 Å². The summed E-state index contributed by atoms with van der Waals surface area (Å²) < 4.78 is 29.1. The number of benzene rings is 3. The molecular formula is C26H23N3O6S. The second kappa shape index (κ2) is 8.49. The molecule has 1 atom stereocenters. The number of carbonyl (C=O) groups excluding carboxylic acids is 3. The standard InChI is InChI=1S/C26H23N3O6S/c1-35-20-11-8-18-14-29(23(30)22(18)13-20)15-26(24(31)27-25(32)28-26)19-9-6-16(7-10-19)17-4-3-5-21(12-17)36(2,33)34/h3-13H,14-15H2,1-2H3,(H2,27,28,31,32). The topological polar surface area (TPSA) is 122 Å². The minimum Gasteiger partial charge on any atom is -0.497 e. The van der Waals surface area contributed by atoms with Crippen LogP contribution in [0.5, 0.6) is 5.75 Å². The largest absolute Gasteiger partial charge is 0.497 e. The molecule has 9 nitrogen and oxygen atoms in total. The summed E-state index contributed by atoms with van der Waals surface area (Å²) in [4.78, 5) is 40.1. The number of carbonyl (C=O) groups is 3. The summed E-state index contributed by atoms with van der Waals surface area (Å²) in [5, 5.41) is 5.01.